The predicted molar refractivity (Wildman–Crippen MR) is 110 cm³/mol. The third kappa shape index (κ3) is 5.79. The summed E-state index contributed by atoms with van der Waals surface area (Å²) in [7, 11) is 0. The number of nitrogens with zero attached hydrogens (tertiary/aromatic N) is 2. The van der Waals surface area contributed by atoms with Gasteiger partial charge in [-0.05, 0) is 49.9 Å². The molecule has 1 saturated carbocycles. The van der Waals surface area contributed by atoms with Crippen LogP contribution in [-0.2, 0) is 4.79 Å². The van der Waals surface area contributed by atoms with Crippen LogP contribution in [0.15, 0.2) is 24.3 Å². The number of nitrogens with two attached hydrogens (primary N) is 1. The highest BCUT2D eigenvalue weighted by molar-refractivity contribution is 5.99. The number of Topliss-reactive ketones (excluding diaryl/α,β-unsaturated/α-hetero) is 1. The van der Waals surface area contributed by atoms with Crippen molar-refractivity contribution in [3.05, 3.63) is 29.8 Å². The summed E-state index contributed by atoms with van der Waals surface area (Å²) in [5, 5.41) is 0. The van der Waals surface area contributed by atoms with Crippen molar-refractivity contribution in [1.82, 2.24) is 9.80 Å². The van der Waals surface area contributed by atoms with Crippen LogP contribution in [0.2, 0.25) is 0 Å². The van der Waals surface area contributed by atoms with Crippen LogP contribution in [0.25, 0.3) is 0 Å². The number of hydrogen-bond donors (Lipinski definition) is 1. The quantitative estimate of drug-likeness (QED) is 0.493. The van der Waals surface area contributed by atoms with Crippen molar-refractivity contribution >= 4 is 11.7 Å². The molecule has 28 heavy (non-hydrogen) atoms. The van der Waals surface area contributed by atoms with Crippen LogP contribution < -0.4 is 10.5 Å². The Morgan fingerprint density at radius 2 is 1.82 bits per heavy atom. The zero-order valence-corrected chi connectivity index (χ0v) is 16.9. The Bertz CT molecular complexity index is 649. The third-order valence-corrected chi connectivity index (χ3v) is 5.58. The number of rotatable bonds is 10. The maximum absolute atomic E-state index is 12.3. The van der Waals surface area contributed by atoms with Crippen LogP contribution in [0, 0.1) is 5.92 Å². The first-order chi connectivity index (χ1) is 13.6. The molecule has 1 amide bonds. The monoisotopic (exact) mass is 387 g/mol. The van der Waals surface area contributed by atoms with E-state index < -0.39 is 0 Å². The number of hydrogen-bond acceptors (Lipinski definition) is 5. The number of carbonyl (C=O) groups excluding carboxylic acids is 2. The number of ketones is 1. The molecule has 0 unspecified atom stereocenters. The van der Waals surface area contributed by atoms with Crippen molar-refractivity contribution in [3.8, 4) is 5.75 Å². The van der Waals surface area contributed by atoms with Crippen LogP contribution in [0.1, 0.15) is 49.4 Å². The average Bonchev–Trinajstić information content (AvgIpc) is 3.57. The van der Waals surface area contributed by atoms with E-state index in [1.165, 1.54) is 0 Å². The molecule has 154 valence electrons. The smallest absolute Gasteiger partial charge is 0.239 e. The minimum Gasteiger partial charge on any atom is -0.494 e. The fraction of sp³-hybridized carbons (Fsp3) is 0.636. The van der Waals surface area contributed by atoms with E-state index in [1.54, 1.807) is 0 Å². The molecule has 1 aromatic carbocycles. The van der Waals surface area contributed by atoms with Crippen molar-refractivity contribution in [2.45, 2.75) is 45.1 Å². The average molecular weight is 388 g/mol. The van der Waals surface area contributed by atoms with Crippen molar-refractivity contribution in [2.24, 2.45) is 11.7 Å². The van der Waals surface area contributed by atoms with Gasteiger partial charge in [-0.2, -0.15) is 0 Å². The molecule has 6 heteroatoms. The summed E-state index contributed by atoms with van der Waals surface area (Å²) in [5.74, 6) is 1.42. The number of amides is 1. The van der Waals surface area contributed by atoms with Gasteiger partial charge in [-0.1, -0.05) is 13.3 Å². The number of carbonyl (C=O) groups is 2. The first-order valence-corrected chi connectivity index (χ1v) is 10.6. The van der Waals surface area contributed by atoms with E-state index in [1.807, 2.05) is 29.2 Å². The van der Waals surface area contributed by atoms with Crippen LogP contribution in [0.5, 0.6) is 5.75 Å². The topological polar surface area (TPSA) is 75.9 Å². The summed E-state index contributed by atoms with van der Waals surface area (Å²) < 4.78 is 5.81. The van der Waals surface area contributed by atoms with Gasteiger partial charge in [0.15, 0.2) is 5.78 Å². The summed E-state index contributed by atoms with van der Waals surface area (Å²) in [6.07, 6.45) is 4.70. The Morgan fingerprint density at radius 3 is 2.43 bits per heavy atom. The summed E-state index contributed by atoms with van der Waals surface area (Å²) in [6, 6.07) is 7.17. The summed E-state index contributed by atoms with van der Waals surface area (Å²) in [6.45, 7) is 6.96. The van der Waals surface area contributed by atoms with Gasteiger partial charge in [0.25, 0.3) is 0 Å². The highest BCUT2D eigenvalue weighted by atomic mass is 16.5. The van der Waals surface area contributed by atoms with Crippen molar-refractivity contribution in [2.75, 3.05) is 39.3 Å². The highest BCUT2D eigenvalue weighted by Crippen LogP contribution is 2.32. The van der Waals surface area contributed by atoms with Gasteiger partial charge in [0.05, 0.1) is 12.6 Å². The fourth-order valence-electron chi connectivity index (χ4n) is 3.64. The fourth-order valence-corrected chi connectivity index (χ4v) is 3.64. The Balaban J connectivity index is 1.31. The molecule has 2 fully saturated rings. The lowest BCUT2D eigenvalue weighted by atomic mass is 10.1. The molecular formula is C22H33N3O3. The molecule has 0 radical (unpaired) electrons. The summed E-state index contributed by atoms with van der Waals surface area (Å²) in [5.41, 5.74) is 6.74. The second-order valence-corrected chi connectivity index (χ2v) is 7.93. The molecule has 1 aromatic rings. The zero-order valence-electron chi connectivity index (χ0n) is 16.9. The van der Waals surface area contributed by atoms with Crippen LogP contribution in [0.4, 0.5) is 0 Å². The van der Waals surface area contributed by atoms with Crippen molar-refractivity contribution < 1.29 is 14.3 Å². The van der Waals surface area contributed by atoms with Gasteiger partial charge in [-0.3, -0.25) is 14.5 Å². The van der Waals surface area contributed by atoms with E-state index in [9.17, 15) is 9.59 Å². The molecule has 1 saturated heterocycles. The lowest BCUT2D eigenvalue weighted by Gasteiger charge is -2.35. The van der Waals surface area contributed by atoms with E-state index >= 15 is 0 Å². The first kappa shape index (κ1) is 20.8. The maximum Gasteiger partial charge on any atom is 0.239 e. The molecule has 1 atom stereocenters. The molecule has 0 bridgehead atoms. The molecule has 3 rings (SSSR count). The van der Waals surface area contributed by atoms with Gasteiger partial charge in [-0.15, -0.1) is 0 Å². The second-order valence-electron chi connectivity index (χ2n) is 7.93. The van der Waals surface area contributed by atoms with Gasteiger partial charge in [-0.25, -0.2) is 0 Å². The standard InChI is InChI=1S/C22H33N3O3/c1-2-4-20(23)22(27)25-14-12-24(13-15-25)11-3-16-28-19-9-7-18(8-10-19)21(26)17-5-6-17/h7-10,17,20H,2-6,11-16,23H2,1H3/t20-/m1/s1. The van der Waals surface area contributed by atoms with Crippen molar-refractivity contribution in [1.29, 1.82) is 0 Å². The predicted octanol–water partition coefficient (Wildman–Crippen LogP) is 2.32. The van der Waals surface area contributed by atoms with E-state index in [4.69, 9.17) is 10.5 Å². The van der Waals surface area contributed by atoms with Crippen LogP contribution in [-0.4, -0.2) is 66.9 Å². The lowest BCUT2D eigenvalue weighted by molar-refractivity contribution is -0.134. The van der Waals surface area contributed by atoms with Gasteiger partial charge < -0.3 is 15.4 Å². The lowest BCUT2D eigenvalue weighted by Crippen LogP contribution is -2.53. The highest BCUT2D eigenvalue weighted by Gasteiger charge is 2.30. The molecule has 1 aliphatic heterocycles. The Morgan fingerprint density at radius 1 is 1.14 bits per heavy atom. The van der Waals surface area contributed by atoms with E-state index in [-0.39, 0.29) is 23.7 Å². The molecule has 1 heterocycles. The van der Waals surface area contributed by atoms with Crippen LogP contribution >= 0.6 is 0 Å². The molecule has 0 aromatic heterocycles. The number of ether oxygens (including phenoxy) is 1. The SMILES string of the molecule is CCC[C@@H](N)C(=O)N1CCN(CCCOc2ccc(C(=O)C3CC3)cc2)CC1. The van der Waals surface area contributed by atoms with E-state index in [0.717, 1.165) is 76.1 Å². The third-order valence-electron chi connectivity index (χ3n) is 5.58. The van der Waals surface area contributed by atoms with Crippen molar-refractivity contribution in [3.63, 3.8) is 0 Å². The second kappa shape index (κ2) is 10.0. The van der Waals surface area contributed by atoms with E-state index in [2.05, 4.69) is 11.8 Å². The molecule has 0 spiro atoms. The Hall–Kier alpha value is -1.92. The largest absolute Gasteiger partial charge is 0.494 e. The molecule has 2 aliphatic rings. The normalized spacial score (nSPS) is 18.7. The van der Waals surface area contributed by atoms with E-state index in [0.29, 0.717) is 6.61 Å². The van der Waals surface area contributed by atoms with Gasteiger partial charge in [0.1, 0.15) is 5.75 Å². The van der Waals surface area contributed by atoms with Gasteiger partial charge >= 0.3 is 0 Å². The molecular weight excluding hydrogens is 354 g/mol. The number of piperazine rings is 1. The number of benzene rings is 1. The molecule has 2 N–H and O–H groups in total. The Kier molecular flexibility index (Phi) is 7.45. The minimum absolute atomic E-state index is 0.0912. The summed E-state index contributed by atoms with van der Waals surface area (Å²) >= 11 is 0. The minimum atomic E-state index is -0.351. The zero-order chi connectivity index (χ0) is 19.9. The first-order valence-electron chi connectivity index (χ1n) is 10.6. The van der Waals surface area contributed by atoms with Gasteiger partial charge in [0.2, 0.25) is 5.91 Å². The maximum atomic E-state index is 12.3. The Labute approximate surface area is 168 Å². The van der Waals surface area contributed by atoms with Crippen LogP contribution in [0.3, 0.4) is 0 Å². The van der Waals surface area contributed by atoms with Gasteiger partial charge in [0, 0.05) is 44.2 Å². The summed E-state index contributed by atoms with van der Waals surface area (Å²) in [4.78, 5) is 28.5. The molecule has 1 aliphatic carbocycles. The molecule has 6 nitrogen and oxygen atoms in total.